The molecule has 0 saturated carbocycles. The first kappa shape index (κ1) is 14.0. The third-order valence-electron chi connectivity index (χ3n) is 1.11. The van der Waals surface area contributed by atoms with Crippen molar-refractivity contribution in [3.63, 3.8) is 0 Å². The Balaban J connectivity index is 0. The first-order valence-electron chi connectivity index (χ1n) is 3.33. The zero-order chi connectivity index (χ0) is 7.07. The van der Waals surface area contributed by atoms with Gasteiger partial charge in [-0.25, -0.2) is 24.3 Å². The summed E-state index contributed by atoms with van der Waals surface area (Å²) in [6.07, 6.45) is 0. The van der Waals surface area contributed by atoms with Crippen molar-refractivity contribution in [2.24, 2.45) is 0 Å². The van der Waals surface area contributed by atoms with Crippen LogP contribution in [-0.4, -0.2) is 0 Å². The van der Waals surface area contributed by atoms with Gasteiger partial charge in [0.25, 0.3) is 0 Å². The van der Waals surface area contributed by atoms with Gasteiger partial charge in [0.1, 0.15) is 0 Å². The average molecular weight is 194 g/mol. The quantitative estimate of drug-likeness (QED) is 0.445. The molecule has 12 heavy (non-hydrogen) atoms. The van der Waals surface area contributed by atoms with Crippen LogP contribution in [0.15, 0.2) is 60.7 Å². The number of hydrogen-bond acceptors (Lipinski definition) is 0. The molecule has 2 rings (SSSR count). The molecule has 0 aliphatic heterocycles. The topological polar surface area (TPSA) is 0 Å². The van der Waals surface area contributed by atoms with Crippen LogP contribution in [0, 0.1) is 0 Å². The average Bonchev–Trinajstić information content (AvgIpc) is 2.67. The minimum Gasteiger partial charge on any atom is -0.214 e. The Morgan fingerprint density at radius 2 is 0.833 bits per heavy atom. The Morgan fingerprint density at radius 3 is 0.917 bits per heavy atom. The zero-order valence-corrected chi connectivity index (χ0v) is 7.84. The Bertz CT molecular complexity index is 144. The van der Waals surface area contributed by atoms with E-state index in [9.17, 15) is 0 Å². The molecule has 0 spiro atoms. The van der Waals surface area contributed by atoms with E-state index >= 15 is 0 Å². The van der Waals surface area contributed by atoms with E-state index in [1.54, 1.807) is 0 Å². The first-order chi connectivity index (χ1) is 5.00. The summed E-state index contributed by atoms with van der Waals surface area (Å²) in [5, 5.41) is 0. The van der Waals surface area contributed by atoms with Crippen LogP contribution in [0.1, 0.15) is 7.43 Å². The van der Waals surface area contributed by atoms with Crippen LogP contribution < -0.4 is 0 Å². The normalized spacial score (nSPS) is 6.67. The molecule has 2 aromatic carbocycles. The van der Waals surface area contributed by atoms with Crippen molar-refractivity contribution in [1.82, 2.24) is 0 Å². The molecular formula is C11H14Ti. The molecule has 0 fully saturated rings. The second-order valence-corrected chi connectivity index (χ2v) is 1.92. The molecule has 2 aromatic rings. The van der Waals surface area contributed by atoms with Gasteiger partial charge < -0.3 is 0 Å². The SMILES string of the molecule is C.[Ti+2].c1cc[cH-]c1.c1cc[cH-]c1. The molecule has 0 N–H and O–H groups in total. The number of hydrogen-bond donors (Lipinski definition) is 0. The molecule has 0 heterocycles. The minimum atomic E-state index is 0. The van der Waals surface area contributed by atoms with E-state index in [4.69, 9.17) is 0 Å². The smallest absolute Gasteiger partial charge is 0.214 e. The van der Waals surface area contributed by atoms with Gasteiger partial charge >= 0.3 is 21.7 Å². The van der Waals surface area contributed by atoms with Crippen LogP contribution in [0.4, 0.5) is 0 Å². The van der Waals surface area contributed by atoms with Crippen molar-refractivity contribution < 1.29 is 21.7 Å². The maximum Gasteiger partial charge on any atom is 2.00 e. The molecule has 0 aliphatic rings. The Hall–Kier alpha value is -0.586. The molecule has 0 saturated heterocycles. The van der Waals surface area contributed by atoms with Crippen LogP contribution in [-0.2, 0) is 21.7 Å². The van der Waals surface area contributed by atoms with Crippen LogP contribution >= 0.6 is 0 Å². The molecule has 0 unspecified atom stereocenters. The van der Waals surface area contributed by atoms with E-state index in [-0.39, 0.29) is 29.1 Å². The van der Waals surface area contributed by atoms with E-state index in [0.717, 1.165) is 0 Å². The Morgan fingerprint density at radius 1 is 0.583 bits per heavy atom. The molecule has 0 aromatic heterocycles. The molecular weight excluding hydrogens is 180 g/mol. The van der Waals surface area contributed by atoms with Crippen LogP contribution in [0.3, 0.4) is 0 Å². The van der Waals surface area contributed by atoms with Crippen molar-refractivity contribution in [2.45, 2.75) is 7.43 Å². The second kappa shape index (κ2) is 10.4. The van der Waals surface area contributed by atoms with Gasteiger partial charge in [0, 0.05) is 0 Å². The molecule has 0 aliphatic carbocycles. The molecule has 0 atom stereocenters. The summed E-state index contributed by atoms with van der Waals surface area (Å²) < 4.78 is 0. The van der Waals surface area contributed by atoms with E-state index < -0.39 is 0 Å². The van der Waals surface area contributed by atoms with Crippen molar-refractivity contribution in [1.29, 1.82) is 0 Å². The van der Waals surface area contributed by atoms with Gasteiger partial charge in [0.15, 0.2) is 0 Å². The van der Waals surface area contributed by atoms with Crippen molar-refractivity contribution >= 4 is 0 Å². The molecule has 0 bridgehead atoms. The van der Waals surface area contributed by atoms with Gasteiger partial charge in [-0.2, -0.15) is 36.4 Å². The van der Waals surface area contributed by atoms with E-state index in [2.05, 4.69) is 0 Å². The van der Waals surface area contributed by atoms with Crippen LogP contribution in [0.2, 0.25) is 0 Å². The summed E-state index contributed by atoms with van der Waals surface area (Å²) in [4.78, 5) is 0. The minimum absolute atomic E-state index is 0. The van der Waals surface area contributed by atoms with E-state index in [1.165, 1.54) is 0 Å². The zero-order valence-electron chi connectivity index (χ0n) is 6.27. The Labute approximate surface area is 89.9 Å². The predicted octanol–water partition coefficient (Wildman–Crippen LogP) is 3.44. The van der Waals surface area contributed by atoms with E-state index in [1.807, 2.05) is 60.7 Å². The summed E-state index contributed by atoms with van der Waals surface area (Å²) in [7, 11) is 0. The van der Waals surface area contributed by atoms with Gasteiger partial charge in [0.05, 0.1) is 0 Å². The molecule has 0 radical (unpaired) electrons. The number of rotatable bonds is 0. The summed E-state index contributed by atoms with van der Waals surface area (Å²) in [6.45, 7) is 0. The summed E-state index contributed by atoms with van der Waals surface area (Å²) in [5.41, 5.74) is 0. The third kappa shape index (κ3) is 7.52. The van der Waals surface area contributed by atoms with Crippen molar-refractivity contribution in [3.8, 4) is 0 Å². The van der Waals surface area contributed by atoms with Gasteiger partial charge in [0.2, 0.25) is 0 Å². The van der Waals surface area contributed by atoms with Crippen molar-refractivity contribution in [2.75, 3.05) is 0 Å². The summed E-state index contributed by atoms with van der Waals surface area (Å²) in [5.74, 6) is 0. The van der Waals surface area contributed by atoms with Gasteiger partial charge in [-0.3, -0.25) is 0 Å². The Kier molecular flexibility index (Phi) is 12.1. The fraction of sp³-hybridized carbons (Fsp3) is 0.0909. The fourth-order valence-corrected chi connectivity index (χ4v) is 0.642. The van der Waals surface area contributed by atoms with Crippen molar-refractivity contribution in [3.05, 3.63) is 60.7 Å². The van der Waals surface area contributed by atoms with Crippen LogP contribution in [0.5, 0.6) is 0 Å². The van der Waals surface area contributed by atoms with Gasteiger partial charge in [-0.15, -0.1) is 0 Å². The predicted molar refractivity (Wildman–Crippen MR) is 50.8 cm³/mol. The second-order valence-electron chi connectivity index (χ2n) is 1.92. The molecule has 62 valence electrons. The first-order valence-corrected chi connectivity index (χ1v) is 3.33. The molecule has 0 nitrogen and oxygen atoms in total. The van der Waals surface area contributed by atoms with Crippen LogP contribution in [0.25, 0.3) is 0 Å². The van der Waals surface area contributed by atoms with Gasteiger partial charge in [-0.05, 0) is 0 Å². The standard InChI is InChI=1S/2C5H5.CH4.Ti/c2*1-2-4-5-3-1;;/h2*1-5H;1H4;/q2*-1;;+2. The molecule has 1 heteroatoms. The summed E-state index contributed by atoms with van der Waals surface area (Å²) in [6, 6.07) is 20.0. The maximum absolute atomic E-state index is 2.00. The van der Waals surface area contributed by atoms with Gasteiger partial charge in [-0.1, -0.05) is 7.43 Å². The monoisotopic (exact) mass is 194 g/mol. The molecule has 0 amide bonds. The van der Waals surface area contributed by atoms with E-state index in [0.29, 0.717) is 0 Å². The largest absolute Gasteiger partial charge is 2.00 e. The maximum atomic E-state index is 2.00. The summed E-state index contributed by atoms with van der Waals surface area (Å²) >= 11 is 0. The fourth-order valence-electron chi connectivity index (χ4n) is 0.642. The third-order valence-corrected chi connectivity index (χ3v) is 1.11.